The van der Waals surface area contributed by atoms with Crippen molar-refractivity contribution < 1.29 is 9.90 Å². The molecule has 2 amide bonds. The molecule has 0 radical (unpaired) electrons. The monoisotopic (exact) mass is 367 g/mol. The lowest BCUT2D eigenvalue weighted by atomic mass is 10.0. The van der Waals surface area contributed by atoms with Crippen molar-refractivity contribution in [2.45, 2.75) is 51.9 Å². The number of benzene rings is 2. The smallest absolute Gasteiger partial charge is 0.319 e. The predicted molar refractivity (Wildman–Crippen MR) is 108 cm³/mol. The molecule has 1 heterocycles. The minimum Gasteiger partial charge on any atom is -0.392 e. The molecule has 1 fully saturated rings. The number of rotatable bonds is 6. The fraction of sp³-hybridized carbons (Fsp3) is 0.409. The number of carbonyl (C=O) groups is 1. The molecule has 3 rings (SSSR count). The zero-order valence-electron chi connectivity index (χ0n) is 15.9. The summed E-state index contributed by atoms with van der Waals surface area (Å²) < 4.78 is 0. The second-order valence-corrected chi connectivity index (χ2v) is 7.30. The summed E-state index contributed by atoms with van der Waals surface area (Å²) >= 11 is 0. The molecule has 2 aromatic rings. The van der Waals surface area contributed by atoms with Crippen LogP contribution < -0.4 is 10.6 Å². The third-order valence-electron chi connectivity index (χ3n) is 5.17. The van der Waals surface area contributed by atoms with E-state index in [4.69, 9.17) is 5.11 Å². The number of aliphatic hydroxyl groups excluding tert-OH is 1. The van der Waals surface area contributed by atoms with Gasteiger partial charge in [0.05, 0.1) is 6.61 Å². The third-order valence-corrected chi connectivity index (χ3v) is 5.17. The maximum absolute atomic E-state index is 12.2. The molecule has 3 N–H and O–H groups in total. The Bertz CT molecular complexity index is 745. The summed E-state index contributed by atoms with van der Waals surface area (Å²) in [6.45, 7) is 4.84. The molecule has 1 aliphatic rings. The number of hydrogen-bond donors (Lipinski definition) is 3. The molecule has 5 nitrogen and oxygen atoms in total. The van der Waals surface area contributed by atoms with Crippen LogP contribution in [0.3, 0.4) is 0 Å². The predicted octanol–water partition coefficient (Wildman–Crippen LogP) is 3.88. The zero-order chi connectivity index (χ0) is 19.1. The second-order valence-electron chi connectivity index (χ2n) is 7.30. The van der Waals surface area contributed by atoms with E-state index in [1.807, 2.05) is 36.4 Å². The van der Waals surface area contributed by atoms with Crippen molar-refractivity contribution in [1.29, 1.82) is 0 Å². The van der Waals surface area contributed by atoms with Crippen LogP contribution in [0, 0.1) is 0 Å². The molecule has 0 spiro atoms. The first kappa shape index (κ1) is 19.4. The number of anilines is 1. The van der Waals surface area contributed by atoms with Crippen LogP contribution in [0.25, 0.3) is 0 Å². The van der Waals surface area contributed by atoms with E-state index in [0.717, 1.165) is 29.9 Å². The first-order valence-electron chi connectivity index (χ1n) is 9.70. The quantitative estimate of drug-likeness (QED) is 0.726. The molecule has 5 heteroatoms. The van der Waals surface area contributed by atoms with Crippen LogP contribution in [0.2, 0.25) is 0 Å². The Balaban J connectivity index is 1.51. The molecule has 1 aliphatic heterocycles. The van der Waals surface area contributed by atoms with Gasteiger partial charge < -0.3 is 15.7 Å². The van der Waals surface area contributed by atoms with Crippen LogP contribution >= 0.6 is 0 Å². The minimum absolute atomic E-state index is 0.0285. The van der Waals surface area contributed by atoms with Gasteiger partial charge >= 0.3 is 6.03 Å². The number of likely N-dealkylation sites (tertiary alicyclic amines) is 1. The van der Waals surface area contributed by atoms with E-state index in [2.05, 4.69) is 34.6 Å². The highest BCUT2D eigenvalue weighted by atomic mass is 16.3. The van der Waals surface area contributed by atoms with E-state index in [0.29, 0.717) is 12.6 Å². The Morgan fingerprint density at radius 2 is 1.89 bits per heavy atom. The SMILES string of the molecule is C[C@H]1CCCCN1Cc1cccc(NC(=O)NCc2ccc(CO)cc2)c1. The molecular weight excluding hydrogens is 338 g/mol. The molecule has 27 heavy (non-hydrogen) atoms. The van der Waals surface area contributed by atoms with Crippen LogP contribution in [0.15, 0.2) is 48.5 Å². The highest BCUT2D eigenvalue weighted by Gasteiger charge is 2.18. The molecule has 0 bridgehead atoms. The summed E-state index contributed by atoms with van der Waals surface area (Å²) in [7, 11) is 0. The van der Waals surface area contributed by atoms with E-state index in [-0.39, 0.29) is 12.6 Å². The van der Waals surface area contributed by atoms with Gasteiger partial charge in [0.1, 0.15) is 0 Å². The van der Waals surface area contributed by atoms with Gasteiger partial charge in [0.25, 0.3) is 0 Å². The molecule has 1 saturated heterocycles. The Hall–Kier alpha value is -2.37. The van der Waals surface area contributed by atoms with E-state index < -0.39 is 0 Å². The van der Waals surface area contributed by atoms with Crippen LogP contribution in [-0.2, 0) is 19.7 Å². The zero-order valence-corrected chi connectivity index (χ0v) is 15.9. The second kappa shape index (κ2) is 9.53. The normalized spacial score (nSPS) is 17.5. The Morgan fingerprint density at radius 1 is 1.11 bits per heavy atom. The van der Waals surface area contributed by atoms with Crippen molar-refractivity contribution in [3.8, 4) is 0 Å². The standard InChI is InChI=1S/C22H29N3O2/c1-17-5-2-3-12-25(17)15-20-6-4-7-21(13-20)24-22(27)23-14-18-8-10-19(16-26)11-9-18/h4,6-11,13,17,26H,2-3,5,12,14-16H2,1H3,(H2,23,24,27)/t17-/m0/s1. The summed E-state index contributed by atoms with van der Waals surface area (Å²) in [5.74, 6) is 0. The maximum atomic E-state index is 12.2. The van der Waals surface area contributed by atoms with Gasteiger partial charge in [-0.15, -0.1) is 0 Å². The topological polar surface area (TPSA) is 64.6 Å². The minimum atomic E-state index is -0.218. The fourth-order valence-electron chi connectivity index (χ4n) is 3.49. The third kappa shape index (κ3) is 5.81. The Labute approximate surface area is 161 Å². The van der Waals surface area contributed by atoms with Crippen LogP contribution in [-0.4, -0.2) is 28.6 Å². The van der Waals surface area contributed by atoms with Gasteiger partial charge in [0.2, 0.25) is 0 Å². The Morgan fingerprint density at radius 3 is 2.63 bits per heavy atom. The van der Waals surface area contributed by atoms with Gasteiger partial charge in [0.15, 0.2) is 0 Å². The van der Waals surface area contributed by atoms with Gasteiger partial charge in [-0.2, -0.15) is 0 Å². The number of aliphatic hydroxyl groups is 1. The average Bonchev–Trinajstić information content (AvgIpc) is 2.69. The summed E-state index contributed by atoms with van der Waals surface area (Å²) in [6.07, 6.45) is 3.85. The Kier molecular flexibility index (Phi) is 6.85. The number of piperidine rings is 1. The lowest BCUT2D eigenvalue weighted by Crippen LogP contribution is -2.36. The maximum Gasteiger partial charge on any atom is 0.319 e. The lowest BCUT2D eigenvalue weighted by Gasteiger charge is -2.33. The number of urea groups is 1. The summed E-state index contributed by atoms with van der Waals surface area (Å²) in [5, 5.41) is 14.9. The summed E-state index contributed by atoms with van der Waals surface area (Å²) in [5.41, 5.74) is 3.89. The van der Waals surface area contributed by atoms with Crippen molar-refractivity contribution >= 4 is 11.7 Å². The molecule has 0 aliphatic carbocycles. The number of nitrogens with one attached hydrogen (secondary N) is 2. The molecule has 144 valence electrons. The number of nitrogens with zero attached hydrogens (tertiary/aromatic N) is 1. The van der Waals surface area contributed by atoms with Crippen molar-refractivity contribution in [1.82, 2.24) is 10.2 Å². The average molecular weight is 367 g/mol. The van der Waals surface area contributed by atoms with Crippen LogP contribution in [0.4, 0.5) is 10.5 Å². The number of hydrogen-bond acceptors (Lipinski definition) is 3. The summed E-state index contributed by atoms with van der Waals surface area (Å²) in [6, 6.07) is 16.0. The lowest BCUT2D eigenvalue weighted by molar-refractivity contribution is 0.152. The van der Waals surface area contributed by atoms with Crippen molar-refractivity contribution in [3.63, 3.8) is 0 Å². The van der Waals surface area contributed by atoms with Gasteiger partial charge in [0, 0.05) is 24.8 Å². The molecule has 0 saturated carbocycles. The van der Waals surface area contributed by atoms with Crippen molar-refractivity contribution in [3.05, 3.63) is 65.2 Å². The highest BCUT2D eigenvalue weighted by molar-refractivity contribution is 5.89. The molecule has 2 aromatic carbocycles. The van der Waals surface area contributed by atoms with Crippen molar-refractivity contribution in [2.75, 3.05) is 11.9 Å². The molecule has 1 atom stereocenters. The van der Waals surface area contributed by atoms with Gasteiger partial charge in [-0.25, -0.2) is 4.79 Å². The summed E-state index contributed by atoms with van der Waals surface area (Å²) in [4.78, 5) is 14.7. The van der Waals surface area contributed by atoms with E-state index >= 15 is 0 Å². The first-order chi connectivity index (χ1) is 13.1. The van der Waals surface area contributed by atoms with Crippen molar-refractivity contribution in [2.24, 2.45) is 0 Å². The van der Waals surface area contributed by atoms with E-state index in [1.165, 1.54) is 24.8 Å². The number of amides is 2. The highest BCUT2D eigenvalue weighted by Crippen LogP contribution is 2.20. The number of carbonyl (C=O) groups excluding carboxylic acids is 1. The molecule has 0 unspecified atom stereocenters. The van der Waals surface area contributed by atoms with E-state index in [9.17, 15) is 4.79 Å². The largest absolute Gasteiger partial charge is 0.392 e. The molecule has 0 aromatic heterocycles. The molecular formula is C22H29N3O2. The van der Waals surface area contributed by atoms with Gasteiger partial charge in [-0.1, -0.05) is 42.8 Å². The first-order valence-corrected chi connectivity index (χ1v) is 9.70. The fourth-order valence-corrected chi connectivity index (χ4v) is 3.49. The van der Waals surface area contributed by atoms with Gasteiger partial charge in [-0.05, 0) is 55.1 Å². The van der Waals surface area contributed by atoms with E-state index in [1.54, 1.807) is 0 Å². The van der Waals surface area contributed by atoms with Gasteiger partial charge in [-0.3, -0.25) is 4.90 Å². The van der Waals surface area contributed by atoms with Crippen LogP contribution in [0.5, 0.6) is 0 Å². The van der Waals surface area contributed by atoms with Crippen LogP contribution in [0.1, 0.15) is 42.9 Å².